The van der Waals surface area contributed by atoms with E-state index >= 15 is 0 Å². The normalized spacial score (nSPS) is 11.6. The summed E-state index contributed by atoms with van der Waals surface area (Å²) >= 11 is 0. The molecule has 1 N–H and O–H groups in total. The molecule has 128 valence electrons. The number of rotatable bonds is 3. The summed E-state index contributed by atoms with van der Waals surface area (Å²) < 4.78 is 4.72. The zero-order valence-electron chi connectivity index (χ0n) is 14.4. The van der Waals surface area contributed by atoms with Gasteiger partial charge in [-0.3, -0.25) is 19.0 Å². The Balaban J connectivity index is 1.91. The molecular weight excluding hydrogens is 318 g/mol. The van der Waals surface area contributed by atoms with Gasteiger partial charge in [-0.2, -0.15) is 0 Å². The van der Waals surface area contributed by atoms with Crippen molar-refractivity contribution in [2.45, 2.75) is 26.8 Å². The van der Waals surface area contributed by atoms with Crippen LogP contribution in [0.4, 0.5) is 0 Å². The molecule has 7 nitrogen and oxygen atoms in total. The molecule has 4 aromatic rings. The van der Waals surface area contributed by atoms with Gasteiger partial charge in [0.05, 0.1) is 23.3 Å². The summed E-state index contributed by atoms with van der Waals surface area (Å²) in [6.07, 6.45) is 0.781. The number of imidazole rings is 1. The summed E-state index contributed by atoms with van der Waals surface area (Å²) in [5, 5.41) is 3.05. The minimum Gasteiger partial charge on any atom is -0.295 e. The van der Waals surface area contributed by atoms with E-state index in [1.165, 1.54) is 10.6 Å². The van der Waals surface area contributed by atoms with E-state index in [4.69, 9.17) is 0 Å². The van der Waals surface area contributed by atoms with Crippen LogP contribution >= 0.6 is 0 Å². The highest BCUT2D eigenvalue weighted by Gasteiger charge is 2.14. The molecule has 0 atom stereocenters. The Kier molecular flexibility index (Phi) is 3.38. The van der Waals surface area contributed by atoms with E-state index < -0.39 is 0 Å². The van der Waals surface area contributed by atoms with Crippen LogP contribution in [0.2, 0.25) is 0 Å². The van der Waals surface area contributed by atoms with E-state index in [1.807, 2.05) is 38.1 Å². The average molecular weight is 337 g/mol. The van der Waals surface area contributed by atoms with E-state index in [2.05, 4.69) is 10.1 Å². The van der Waals surface area contributed by atoms with Crippen molar-refractivity contribution in [3.8, 4) is 0 Å². The van der Waals surface area contributed by atoms with Crippen molar-refractivity contribution in [2.75, 3.05) is 0 Å². The summed E-state index contributed by atoms with van der Waals surface area (Å²) in [4.78, 5) is 29.6. The second-order valence-corrected chi connectivity index (χ2v) is 6.23. The van der Waals surface area contributed by atoms with Gasteiger partial charge in [-0.05, 0) is 25.5 Å². The van der Waals surface area contributed by atoms with Crippen molar-refractivity contribution >= 4 is 16.7 Å². The van der Waals surface area contributed by atoms with Crippen LogP contribution in [0.5, 0.6) is 0 Å². The molecule has 1 aromatic carbocycles. The van der Waals surface area contributed by atoms with E-state index in [1.54, 1.807) is 16.2 Å². The Morgan fingerprint density at radius 2 is 1.88 bits per heavy atom. The van der Waals surface area contributed by atoms with Crippen LogP contribution in [0.3, 0.4) is 0 Å². The number of nitrogens with zero attached hydrogens (tertiary/aromatic N) is 4. The fourth-order valence-corrected chi connectivity index (χ4v) is 3.43. The summed E-state index contributed by atoms with van der Waals surface area (Å²) in [6, 6.07) is 9.09. The molecule has 0 bridgehead atoms. The lowest BCUT2D eigenvalue weighted by atomic mass is 10.2. The molecule has 3 aromatic heterocycles. The van der Waals surface area contributed by atoms with Gasteiger partial charge in [0, 0.05) is 24.4 Å². The molecule has 0 saturated carbocycles. The molecule has 0 radical (unpaired) electrons. The molecule has 4 rings (SSSR count). The van der Waals surface area contributed by atoms with Gasteiger partial charge in [0.25, 0.3) is 5.56 Å². The van der Waals surface area contributed by atoms with Gasteiger partial charge in [-0.25, -0.2) is 14.3 Å². The van der Waals surface area contributed by atoms with Gasteiger partial charge in [0.2, 0.25) is 0 Å². The van der Waals surface area contributed by atoms with E-state index in [-0.39, 0.29) is 17.8 Å². The average Bonchev–Trinajstić information content (AvgIpc) is 3.05. The Morgan fingerprint density at radius 1 is 1.16 bits per heavy atom. The van der Waals surface area contributed by atoms with Crippen LogP contribution in [-0.4, -0.2) is 23.7 Å². The molecule has 0 saturated heterocycles. The second kappa shape index (κ2) is 5.47. The number of nitrogens with one attached hydrogen (secondary N) is 1. The monoisotopic (exact) mass is 337 g/mol. The number of aryl methyl sites for hydroxylation is 3. The maximum absolute atomic E-state index is 12.6. The number of hydrogen-bond donors (Lipinski definition) is 1. The Labute approximate surface area is 143 Å². The van der Waals surface area contributed by atoms with E-state index in [0.29, 0.717) is 11.3 Å². The van der Waals surface area contributed by atoms with Crippen molar-refractivity contribution in [3.05, 3.63) is 68.1 Å². The standard InChI is InChI=1S/C18H19N5O2/c1-4-13-11(2)20-23-16(24)9-12(19-17(13)23)10-22-15-8-6-5-7-14(15)21(3)18(22)25/h5-9,20H,4,10H2,1-3H3. The molecule has 0 amide bonds. The molecule has 0 fully saturated rings. The summed E-state index contributed by atoms with van der Waals surface area (Å²) in [7, 11) is 1.75. The van der Waals surface area contributed by atoms with E-state index in [0.717, 1.165) is 28.7 Å². The number of H-pyrrole nitrogens is 1. The van der Waals surface area contributed by atoms with Crippen molar-refractivity contribution in [1.82, 2.24) is 23.7 Å². The molecule has 25 heavy (non-hydrogen) atoms. The van der Waals surface area contributed by atoms with Gasteiger partial charge < -0.3 is 0 Å². The number of aromatic amines is 1. The van der Waals surface area contributed by atoms with Gasteiger partial charge in [-0.15, -0.1) is 0 Å². The molecular formula is C18H19N5O2. The molecule has 7 heteroatoms. The minimum absolute atomic E-state index is 0.121. The topological polar surface area (TPSA) is 77.1 Å². The van der Waals surface area contributed by atoms with Crippen LogP contribution in [-0.2, 0) is 20.0 Å². The summed E-state index contributed by atoms with van der Waals surface area (Å²) in [5.74, 6) is 0. The fourth-order valence-electron chi connectivity index (χ4n) is 3.43. The SMILES string of the molecule is CCc1c(C)[nH]n2c(=O)cc(Cn3c(=O)n(C)c4ccccc43)nc12. The number of hydrogen-bond acceptors (Lipinski definition) is 3. The first kappa shape index (κ1) is 15.4. The summed E-state index contributed by atoms with van der Waals surface area (Å²) in [6.45, 7) is 4.23. The Hall–Kier alpha value is -3.09. The van der Waals surface area contributed by atoms with Crippen LogP contribution in [0.15, 0.2) is 39.9 Å². The third-order valence-corrected chi connectivity index (χ3v) is 4.70. The third kappa shape index (κ3) is 2.23. The number of fused-ring (bicyclic) bond motifs is 2. The van der Waals surface area contributed by atoms with Crippen LogP contribution < -0.4 is 11.2 Å². The second-order valence-electron chi connectivity index (χ2n) is 6.23. The maximum Gasteiger partial charge on any atom is 0.329 e. The molecule has 3 heterocycles. The smallest absolute Gasteiger partial charge is 0.295 e. The van der Waals surface area contributed by atoms with Crippen molar-refractivity contribution in [3.63, 3.8) is 0 Å². The van der Waals surface area contributed by atoms with Gasteiger partial charge in [0.15, 0.2) is 5.65 Å². The largest absolute Gasteiger partial charge is 0.329 e. The Bertz CT molecular complexity index is 1220. The number of para-hydroxylation sites is 2. The van der Waals surface area contributed by atoms with Gasteiger partial charge >= 0.3 is 5.69 Å². The molecule has 0 unspecified atom stereocenters. The molecule has 0 aliphatic rings. The lowest BCUT2D eigenvalue weighted by Gasteiger charge is -2.04. The predicted molar refractivity (Wildman–Crippen MR) is 96.2 cm³/mol. The highest BCUT2D eigenvalue weighted by atomic mass is 16.1. The predicted octanol–water partition coefficient (Wildman–Crippen LogP) is 1.60. The highest BCUT2D eigenvalue weighted by Crippen LogP contribution is 2.15. The quantitative estimate of drug-likeness (QED) is 0.617. The highest BCUT2D eigenvalue weighted by molar-refractivity contribution is 5.75. The van der Waals surface area contributed by atoms with Crippen LogP contribution in [0.1, 0.15) is 23.9 Å². The number of aromatic nitrogens is 5. The zero-order chi connectivity index (χ0) is 17.7. The minimum atomic E-state index is -0.170. The fraction of sp³-hybridized carbons (Fsp3) is 0.278. The zero-order valence-corrected chi connectivity index (χ0v) is 14.4. The maximum atomic E-state index is 12.6. The first-order valence-corrected chi connectivity index (χ1v) is 8.25. The van der Waals surface area contributed by atoms with Crippen molar-refractivity contribution < 1.29 is 0 Å². The van der Waals surface area contributed by atoms with Crippen molar-refractivity contribution in [2.24, 2.45) is 7.05 Å². The summed E-state index contributed by atoms with van der Waals surface area (Å²) in [5.41, 5.74) is 4.57. The van der Waals surface area contributed by atoms with Crippen molar-refractivity contribution in [1.29, 1.82) is 0 Å². The van der Waals surface area contributed by atoms with Gasteiger partial charge in [0.1, 0.15) is 0 Å². The molecule has 0 spiro atoms. The van der Waals surface area contributed by atoms with Crippen LogP contribution in [0, 0.1) is 6.92 Å². The molecule has 0 aliphatic carbocycles. The lowest BCUT2D eigenvalue weighted by Crippen LogP contribution is -2.24. The van der Waals surface area contributed by atoms with Crippen LogP contribution in [0.25, 0.3) is 16.7 Å². The van der Waals surface area contributed by atoms with Gasteiger partial charge in [-0.1, -0.05) is 19.1 Å². The Morgan fingerprint density at radius 3 is 2.60 bits per heavy atom. The van der Waals surface area contributed by atoms with E-state index in [9.17, 15) is 9.59 Å². The first-order chi connectivity index (χ1) is 12.0. The number of benzene rings is 1. The lowest BCUT2D eigenvalue weighted by molar-refractivity contribution is 0.717. The third-order valence-electron chi connectivity index (χ3n) is 4.70. The first-order valence-electron chi connectivity index (χ1n) is 8.25. The molecule has 0 aliphatic heterocycles.